The van der Waals surface area contributed by atoms with Gasteiger partial charge in [-0.15, -0.1) is 0 Å². The number of para-hydroxylation sites is 2. The van der Waals surface area contributed by atoms with Gasteiger partial charge in [-0.25, -0.2) is 4.79 Å². The molecule has 0 spiro atoms. The van der Waals surface area contributed by atoms with Crippen LogP contribution in [0.1, 0.15) is 24.4 Å². The minimum atomic E-state index is -2.95. The normalized spacial score (nSPS) is 16.6. The Hall–Kier alpha value is -2.83. The predicted octanol–water partition coefficient (Wildman–Crippen LogP) is 4.67. The first-order valence-corrected chi connectivity index (χ1v) is 8.34. The van der Waals surface area contributed by atoms with E-state index in [9.17, 15) is 13.6 Å². The first-order chi connectivity index (χ1) is 12.6. The number of hydrogen-bond acceptors (Lipinski definition) is 3. The van der Waals surface area contributed by atoms with Gasteiger partial charge in [-0.05, 0) is 42.7 Å². The van der Waals surface area contributed by atoms with E-state index in [2.05, 4.69) is 10.1 Å². The molecule has 0 aromatic heterocycles. The molecule has 7 heteroatoms. The van der Waals surface area contributed by atoms with Gasteiger partial charge in [0.05, 0.1) is 18.8 Å². The molecule has 0 bridgehead atoms. The molecule has 0 aliphatic carbocycles. The van der Waals surface area contributed by atoms with E-state index in [1.807, 2.05) is 24.3 Å². The standard InChI is InChI=1S/C19H20F2N2O3/c1-25-14-10-8-13(9-11-14)16-6-4-12-23(16)19(24)22-15-5-2-3-7-17(15)26-18(20)21/h2-3,5,7-11,16,18H,4,6,12H2,1H3,(H,22,24). The number of halogens is 2. The smallest absolute Gasteiger partial charge is 0.387 e. The lowest BCUT2D eigenvalue weighted by molar-refractivity contribution is -0.0493. The monoisotopic (exact) mass is 362 g/mol. The maximum atomic E-state index is 12.7. The summed E-state index contributed by atoms with van der Waals surface area (Å²) >= 11 is 0. The number of nitrogens with one attached hydrogen (secondary N) is 1. The van der Waals surface area contributed by atoms with Crippen LogP contribution in [0, 0.1) is 0 Å². The molecule has 0 radical (unpaired) electrons. The van der Waals surface area contributed by atoms with Crippen molar-refractivity contribution in [1.82, 2.24) is 4.90 Å². The largest absolute Gasteiger partial charge is 0.497 e. The predicted molar refractivity (Wildman–Crippen MR) is 93.8 cm³/mol. The number of carbonyl (C=O) groups is 1. The van der Waals surface area contributed by atoms with Gasteiger partial charge < -0.3 is 19.7 Å². The second kappa shape index (κ2) is 8.03. The molecule has 2 aromatic rings. The quantitative estimate of drug-likeness (QED) is 0.841. The number of carbonyl (C=O) groups excluding carboxylic acids is 1. The van der Waals surface area contributed by atoms with Crippen LogP contribution < -0.4 is 14.8 Å². The number of ether oxygens (including phenoxy) is 2. The molecule has 1 fully saturated rings. The van der Waals surface area contributed by atoms with E-state index in [0.29, 0.717) is 6.54 Å². The van der Waals surface area contributed by atoms with Gasteiger partial charge in [-0.2, -0.15) is 8.78 Å². The number of likely N-dealkylation sites (tertiary alicyclic amines) is 1. The lowest BCUT2D eigenvalue weighted by Gasteiger charge is -2.26. The van der Waals surface area contributed by atoms with E-state index in [1.165, 1.54) is 12.1 Å². The highest BCUT2D eigenvalue weighted by atomic mass is 19.3. The van der Waals surface area contributed by atoms with E-state index >= 15 is 0 Å². The number of benzene rings is 2. The van der Waals surface area contributed by atoms with Gasteiger partial charge in [0.1, 0.15) is 11.5 Å². The van der Waals surface area contributed by atoms with Crippen molar-refractivity contribution in [3.8, 4) is 11.5 Å². The average Bonchev–Trinajstić information content (AvgIpc) is 3.13. The minimum Gasteiger partial charge on any atom is -0.497 e. The first-order valence-electron chi connectivity index (χ1n) is 8.34. The molecular weight excluding hydrogens is 342 g/mol. The third-order valence-corrected chi connectivity index (χ3v) is 4.36. The Morgan fingerprint density at radius 3 is 2.62 bits per heavy atom. The molecule has 3 rings (SSSR count). The fraction of sp³-hybridized carbons (Fsp3) is 0.316. The van der Waals surface area contributed by atoms with Crippen molar-refractivity contribution >= 4 is 11.7 Å². The molecule has 26 heavy (non-hydrogen) atoms. The summed E-state index contributed by atoms with van der Waals surface area (Å²) in [6.45, 7) is -2.35. The van der Waals surface area contributed by atoms with Crippen molar-refractivity contribution in [3.63, 3.8) is 0 Å². The van der Waals surface area contributed by atoms with Crippen molar-refractivity contribution in [1.29, 1.82) is 0 Å². The second-order valence-corrected chi connectivity index (χ2v) is 5.93. The summed E-state index contributed by atoms with van der Waals surface area (Å²) in [5.41, 5.74) is 1.23. The zero-order valence-corrected chi connectivity index (χ0v) is 14.3. The summed E-state index contributed by atoms with van der Waals surface area (Å²) in [6.07, 6.45) is 1.72. The molecule has 5 nitrogen and oxygen atoms in total. The van der Waals surface area contributed by atoms with Crippen molar-refractivity contribution in [2.24, 2.45) is 0 Å². The maximum absolute atomic E-state index is 12.7. The van der Waals surface area contributed by atoms with Crippen LogP contribution in [0.3, 0.4) is 0 Å². The number of methoxy groups -OCH3 is 1. The SMILES string of the molecule is COc1ccc(C2CCCN2C(=O)Nc2ccccc2OC(F)F)cc1. The van der Waals surface area contributed by atoms with Crippen LogP contribution in [0.4, 0.5) is 19.3 Å². The Labute approximate surface area is 150 Å². The summed E-state index contributed by atoms with van der Waals surface area (Å²) in [5.74, 6) is 0.692. The van der Waals surface area contributed by atoms with E-state index in [-0.39, 0.29) is 23.5 Å². The Bertz CT molecular complexity index is 753. The van der Waals surface area contributed by atoms with Gasteiger partial charge >= 0.3 is 12.6 Å². The maximum Gasteiger partial charge on any atom is 0.387 e. The molecule has 1 heterocycles. The molecule has 1 atom stereocenters. The average molecular weight is 362 g/mol. The lowest BCUT2D eigenvalue weighted by Crippen LogP contribution is -2.34. The van der Waals surface area contributed by atoms with Crippen molar-refractivity contribution in [2.75, 3.05) is 19.0 Å². The van der Waals surface area contributed by atoms with Crippen LogP contribution in [0.15, 0.2) is 48.5 Å². The van der Waals surface area contributed by atoms with Crippen LogP contribution in [0.25, 0.3) is 0 Å². The third-order valence-electron chi connectivity index (χ3n) is 4.36. The molecule has 1 aliphatic heterocycles. The summed E-state index contributed by atoms with van der Waals surface area (Å²) in [7, 11) is 1.60. The Morgan fingerprint density at radius 2 is 1.92 bits per heavy atom. The number of urea groups is 1. The van der Waals surface area contributed by atoms with Crippen molar-refractivity contribution in [2.45, 2.75) is 25.5 Å². The zero-order valence-electron chi connectivity index (χ0n) is 14.3. The summed E-state index contributed by atoms with van der Waals surface area (Å²) in [5, 5.41) is 2.68. The number of rotatable bonds is 5. The Balaban J connectivity index is 1.74. The van der Waals surface area contributed by atoms with Crippen LogP contribution in [-0.4, -0.2) is 31.2 Å². The number of amides is 2. The molecule has 2 aromatic carbocycles. The number of alkyl halides is 2. The zero-order chi connectivity index (χ0) is 18.5. The highest BCUT2D eigenvalue weighted by molar-refractivity contribution is 5.91. The van der Waals surface area contributed by atoms with Crippen LogP contribution in [0.5, 0.6) is 11.5 Å². The van der Waals surface area contributed by atoms with Crippen LogP contribution in [0.2, 0.25) is 0 Å². The number of anilines is 1. The van der Waals surface area contributed by atoms with E-state index < -0.39 is 6.61 Å². The molecule has 1 N–H and O–H groups in total. The van der Waals surface area contributed by atoms with Gasteiger partial charge in [0.2, 0.25) is 0 Å². The van der Waals surface area contributed by atoms with E-state index in [0.717, 1.165) is 24.2 Å². The minimum absolute atomic E-state index is 0.0592. The van der Waals surface area contributed by atoms with Crippen LogP contribution in [-0.2, 0) is 0 Å². The number of hydrogen-bond donors (Lipinski definition) is 1. The van der Waals surface area contributed by atoms with Gasteiger partial charge in [0.25, 0.3) is 0 Å². The van der Waals surface area contributed by atoms with Gasteiger partial charge in [-0.3, -0.25) is 0 Å². The van der Waals surface area contributed by atoms with Gasteiger partial charge in [0, 0.05) is 6.54 Å². The van der Waals surface area contributed by atoms with Crippen molar-refractivity contribution < 1.29 is 23.0 Å². The highest BCUT2D eigenvalue weighted by Gasteiger charge is 2.30. The summed E-state index contributed by atoms with van der Waals surface area (Å²) < 4.78 is 34.7. The molecule has 2 amide bonds. The summed E-state index contributed by atoms with van der Waals surface area (Å²) in [4.78, 5) is 14.4. The Morgan fingerprint density at radius 1 is 1.19 bits per heavy atom. The van der Waals surface area contributed by atoms with Crippen LogP contribution >= 0.6 is 0 Å². The molecule has 1 unspecified atom stereocenters. The first kappa shape index (κ1) is 18.0. The molecule has 1 saturated heterocycles. The summed E-state index contributed by atoms with van der Waals surface area (Å²) in [6, 6.07) is 13.3. The third kappa shape index (κ3) is 4.04. The molecule has 1 aliphatic rings. The lowest BCUT2D eigenvalue weighted by atomic mass is 10.0. The van der Waals surface area contributed by atoms with Gasteiger partial charge in [-0.1, -0.05) is 24.3 Å². The van der Waals surface area contributed by atoms with Gasteiger partial charge in [0.15, 0.2) is 0 Å². The fourth-order valence-corrected chi connectivity index (χ4v) is 3.14. The Kier molecular flexibility index (Phi) is 5.55. The molecular formula is C19H20F2N2O3. The fourth-order valence-electron chi connectivity index (χ4n) is 3.14. The highest BCUT2D eigenvalue weighted by Crippen LogP contribution is 2.34. The molecule has 0 saturated carbocycles. The number of nitrogens with zero attached hydrogens (tertiary/aromatic N) is 1. The van der Waals surface area contributed by atoms with Crippen molar-refractivity contribution in [3.05, 3.63) is 54.1 Å². The van der Waals surface area contributed by atoms with E-state index in [4.69, 9.17) is 4.74 Å². The van der Waals surface area contributed by atoms with E-state index in [1.54, 1.807) is 24.1 Å². The second-order valence-electron chi connectivity index (χ2n) is 5.93. The topological polar surface area (TPSA) is 50.8 Å². The molecule has 138 valence electrons.